The van der Waals surface area contributed by atoms with Crippen LogP contribution in [-0.4, -0.2) is 19.0 Å². The monoisotopic (exact) mass is 218 g/mol. The zero-order valence-corrected chi connectivity index (χ0v) is 11.8. The lowest BCUT2D eigenvalue weighted by Gasteiger charge is -2.41. The first-order chi connectivity index (χ1) is 6.08. The molecule has 0 heterocycles. The Morgan fingerprint density at radius 3 is 1.79 bits per heavy atom. The van der Waals surface area contributed by atoms with E-state index in [-0.39, 0.29) is 10.6 Å². The molecule has 0 aromatic heterocycles. The summed E-state index contributed by atoms with van der Waals surface area (Å²) in [6.45, 7) is 14.3. The van der Waals surface area contributed by atoms with Crippen LogP contribution in [0.15, 0.2) is 0 Å². The summed E-state index contributed by atoms with van der Waals surface area (Å²) < 4.78 is 5.92. The topological polar surface area (TPSA) is 29.5 Å². The SMILES string of the molecule is CCC(C)(C)O[Si](C)(O)C(C)(C)CC. The molecule has 0 spiro atoms. The molecule has 0 aromatic carbocycles. The van der Waals surface area contributed by atoms with Gasteiger partial charge >= 0.3 is 8.56 Å². The summed E-state index contributed by atoms with van der Waals surface area (Å²) in [4.78, 5) is 10.4. The predicted octanol–water partition coefficient (Wildman–Crippen LogP) is 3.45. The van der Waals surface area contributed by atoms with Crippen LogP contribution in [0.3, 0.4) is 0 Å². The Morgan fingerprint density at radius 1 is 1.07 bits per heavy atom. The second-order valence-electron chi connectivity index (χ2n) is 5.44. The highest BCUT2D eigenvalue weighted by Gasteiger charge is 2.46. The molecule has 1 N–H and O–H groups in total. The molecule has 0 amide bonds. The average Bonchev–Trinajstić information content (AvgIpc) is 2.02. The first kappa shape index (κ1) is 14.1. The second kappa shape index (κ2) is 4.33. The molecule has 0 aromatic rings. The molecule has 0 aliphatic rings. The van der Waals surface area contributed by atoms with E-state index >= 15 is 0 Å². The van der Waals surface area contributed by atoms with Gasteiger partial charge in [-0.2, -0.15) is 0 Å². The van der Waals surface area contributed by atoms with Crippen molar-refractivity contribution >= 4 is 8.56 Å². The van der Waals surface area contributed by atoms with Crippen molar-refractivity contribution in [1.29, 1.82) is 0 Å². The minimum absolute atomic E-state index is 0.0839. The molecule has 0 fully saturated rings. The summed E-state index contributed by atoms with van der Waals surface area (Å²) in [5.74, 6) is 0. The molecule has 0 aliphatic heterocycles. The van der Waals surface area contributed by atoms with E-state index in [1.54, 1.807) is 0 Å². The van der Waals surface area contributed by atoms with Crippen LogP contribution in [0.1, 0.15) is 54.4 Å². The van der Waals surface area contributed by atoms with Gasteiger partial charge in [0.25, 0.3) is 0 Å². The first-order valence-corrected chi connectivity index (χ1v) is 7.86. The highest BCUT2D eigenvalue weighted by molar-refractivity contribution is 6.68. The van der Waals surface area contributed by atoms with Gasteiger partial charge in [0, 0.05) is 5.04 Å². The van der Waals surface area contributed by atoms with Gasteiger partial charge in [0.05, 0.1) is 5.60 Å². The standard InChI is InChI=1S/C11H26O2Si/c1-8-10(3,4)13-14(7,12)11(5,6)9-2/h12H,8-9H2,1-7H3. The zero-order valence-electron chi connectivity index (χ0n) is 10.8. The molecule has 0 aliphatic carbocycles. The van der Waals surface area contributed by atoms with Crippen molar-refractivity contribution in [2.45, 2.75) is 71.6 Å². The van der Waals surface area contributed by atoms with Gasteiger partial charge in [0.1, 0.15) is 0 Å². The van der Waals surface area contributed by atoms with Crippen molar-refractivity contribution in [1.82, 2.24) is 0 Å². The Labute approximate surface area is 89.9 Å². The van der Waals surface area contributed by atoms with E-state index in [2.05, 4.69) is 27.7 Å². The van der Waals surface area contributed by atoms with Crippen LogP contribution in [0, 0.1) is 0 Å². The van der Waals surface area contributed by atoms with Gasteiger partial charge in [-0.25, -0.2) is 0 Å². The van der Waals surface area contributed by atoms with Gasteiger partial charge in [0.15, 0.2) is 0 Å². The number of hydrogen-bond donors (Lipinski definition) is 1. The fraction of sp³-hybridized carbons (Fsp3) is 1.00. The molecule has 0 bridgehead atoms. The van der Waals surface area contributed by atoms with Crippen molar-refractivity contribution in [2.75, 3.05) is 0 Å². The van der Waals surface area contributed by atoms with E-state index in [4.69, 9.17) is 4.43 Å². The average molecular weight is 218 g/mol. The minimum Gasteiger partial charge on any atom is -0.410 e. The second-order valence-corrected chi connectivity index (χ2v) is 8.96. The van der Waals surface area contributed by atoms with Gasteiger partial charge in [0.2, 0.25) is 0 Å². The molecule has 1 unspecified atom stereocenters. The van der Waals surface area contributed by atoms with Gasteiger partial charge in [-0.3, -0.25) is 0 Å². The van der Waals surface area contributed by atoms with Crippen LogP contribution in [0.2, 0.25) is 11.6 Å². The molecule has 2 nitrogen and oxygen atoms in total. The van der Waals surface area contributed by atoms with E-state index in [0.29, 0.717) is 0 Å². The van der Waals surface area contributed by atoms with E-state index < -0.39 is 8.56 Å². The van der Waals surface area contributed by atoms with Crippen LogP contribution >= 0.6 is 0 Å². The Hall–Kier alpha value is 0.137. The smallest absolute Gasteiger partial charge is 0.338 e. The van der Waals surface area contributed by atoms with Crippen molar-refractivity contribution in [3.63, 3.8) is 0 Å². The third-order valence-corrected chi connectivity index (χ3v) is 7.28. The highest BCUT2D eigenvalue weighted by atomic mass is 28.4. The van der Waals surface area contributed by atoms with Crippen molar-refractivity contribution < 1.29 is 9.22 Å². The lowest BCUT2D eigenvalue weighted by atomic mass is 10.1. The molecule has 14 heavy (non-hydrogen) atoms. The van der Waals surface area contributed by atoms with Crippen molar-refractivity contribution in [3.8, 4) is 0 Å². The third kappa shape index (κ3) is 3.37. The van der Waals surface area contributed by atoms with Crippen LogP contribution in [-0.2, 0) is 4.43 Å². The molecule has 0 saturated heterocycles. The van der Waals surface area contributed by atoms with Gasteiger partial charge in [-0.1, -0.05) is 27.7 Å². The lowest BCUT2D eigenvalue weighted by Crippen LogP contribution is -2.50. The molecule has 3 heteroatoms. The Morgan fingerprint density at radius 2 is 1.50 bits per heavy atom. The summed E-state index contributed by atoms with van der Waals surface area (Å²) in [7, 11) is -2.59. The molecule has 0 saturated carbocycles. The highest BCUT2D eigenvalue weighted by Crippen LogP contribution is 2.41. The fourth-order valence-corrected chi connectivity index (χ4v) is 3.23. The Balaban J connectivity index is 4.64. The van der Waals surface area contributed by atoms with E-state index in [1.807, 2.05) is 20.4 Å². The molecular formula is C11H26O2Si. The summed E-state index contributed by atoms with van der Waals surface area (Å²) in [6.07, 6.45) is 1.88. The predicted molar refractivity (Wildman–Crippen MR) is 63.6 cm³/mol. The number of rotatable bonds is 5. The van der Waals surface area contributed by atoms with Crippen LogP contribution in [0.25, 0.3) is 0 Å². The van der Waals surface area contributed by atoms with E-state index in [0.717, 1.165) is 12.8 Å². The fourth-order valence-electron chi connectivity index (χ4n) is 1.08. The molecule has 0 radical (unpaired) electrons. The Kier molecular flexibility index (Phi) is 4.37. The van der Waals surface area contributed by atoms with Crippen LogP contribution in [0.4, 0.5) is 0 Å². The van der Waals surface area contributed by atoms with Gasteiger partial charge < -0.3 is 9.22 Å². The molecule has 1 atom stereocenters. The molecule has 0 rings (SSSR count). The zero-order chi connectivity index (χ0) is 11.6. The maximum atomic E-state index is 10.4. The summed E-state index contributed by atoms with van der Waals surface area (Å²) in [5.41, 5.74) is -0.206. The quantitative estimate of drug-likeness (QED) is 0.716. The van der Waals surface area contributed by atoms with Crippen molar-refractivity contribution in [3.05, 3.63) is 0 Å². The molecular weight excluding hydrogens is 192 g/mol. The number of hydrogen-bond acceptors (Lipinski definition) is 2. The van der Waals surface area contributed by atoms with Gasteiger partial charge in [-0.15, -0.1) is 0 Å². The normalized spacial score (nSPS) is 18.0. The molecule has 86 valence electrons. The largest absolute Gasteiger partial charge is 0.410 e. The Bertz CT molecular complexity index is 186. The first-order valence-electron chi connectivity index (χ1n) is 5.50. The van der Waals surface area contributed by atoms with E-state index in [9.17, 15) is 4.80 Å². The van der Waals surface area contributed by atoms with Crippen molar-refractivity contribution in [2.24, 2.45) is 0 Å². The van der Waals surface area contributed by atoms with Crippen LogP contribution < -0.4 is 0 Å². The van der Waals surface area contributed by atoms with E-state index in [1.165, 1.54) is 0 Å². The maximum Gasteiger partial charge on any atom is 0.338 e. The summed E-state index contributed by atoms with van der Waals surface area (Å²) in [5, 5.41) is -0.0839. The summed E-state index contributed by atoms with van der Waals surface area (Å²) >= 11 is 0. The van der Waals surface area contributed by atoms with Crippen LogP contribution in [0.5, 0.6) is 0 Å². The maximum absolute atomic E-state index is 10.4. The lowest BCUT2D eigenvalue weighted by molar-refractivity contribution is 0.0536. The third-order valence-electron chi connectivity index (χ3n) is 3.47. The minimum atomic E-state index is -2.59. The summed E-state index contributed by atoms with van der Waals surface area (Å²) in [6, 6.07) is 0. The van der Waals surface area contributed by atoms with Gasteiger partial charge in [-0.05, 0) is 33.2 Å².